The topological polar surface area (TPSA) is 54.5 Å². The van der Waals surface area contributed by atoms with Gasteiger partial charge in [-0.05, 0) is 62.1 Å². The van der Waals surface area contributed by atoms with Gasteiger partial charge in [0.05, 0.1) is 0 Å². The lowest BCUT2D eigenvalue weighted by Crippen LogP contribution is -2.31. The van der Waals surface area contributed by atoms with Crippen LogP contribution in [-0.2, 0) is 6.61 Å². The molecule has 0 unspecified atom stereocenters. The fraction of sp³-hybridized carbons (Fsp3) is 0.429. The molecule has 26 heavy (non-hydrogen) atoms. The van der Waals surface area contributed by atoms with E-state index in [1.54, 1.807) is 12.4 Å². The van der Waals surface area contributed by atoms with Gasteiger partial charge >= 0.3 is 0 Å². The zero-order chi connectivity index (χ0) is 17.8. The molecule has 5 heteroatoms. The summed E-state index contributed by atoms with van der Waals surface area (Å²) in [6, 6.07) is 12.0. The van der Waals surface area contributed by atoms with Gasteiger partial charge in [-0.1, -0.05) is 6.07 Å². The molecule has 0 radical (unpaired) electrons. The van der Waals surface area contributed by atoms with E-state index in [-0.39, 0.29) is 5.91 Å². The molecule has 136 valence electrons. The maximum Gasteiger partial charge on any atom is 0.251 e. The van der Waals surface area contributed by atoms with E-state index in [1.165, 1.54) is 25.8 Å². The Kier molecular flexibility index (Phi) is 5.16. The maximum atomic E-state index is 12.3. The van der Waals surface area contributed by atoms with Crippen LogP contribution in [0.5, 0.6) is 5.75 Å². The lowest BCUT2D eigenvalue weighted by molar-refractivity contribution is 0.0947. The molecular weight excluding hydrogens is 326 g/mol. The van der Waals surface area contributed by atoms with Crippen LogP contribution in [0.1, 0.15) is 35.2 Å². The second-order valence-electron chi connectivity index (χ2n) is 7.27. The molecule has 2 heterocycles. The molecule has 1 aromatic heterocycles. The van der Waals surface area contributed by atoms with Gasteiger partial charge in [-0.3, -0.25) is 9.78 Å². The predicted octanol–water partition coefficient (Wildman–Crippen LogP) is 2.87. The highest BCUT2D eigenvalue weighted by Crippen LogP contribution is 2.31. The standard InChI is InChI=1S/C21H25N3O2/c25-21(23-13-16-9-11-24(14-16)19-5-6-19)18-3-7-20(8-4-18)26-15-17-2-1-10-22-12-17/h1-4,7-8,10,12,16,19H,5-6,9,11,13-15H2,(H,23,25)/t16-/m0/s1. The number of amides is 1. The van der Waals surface area contributed by atoms with Gasteiger partial charge in [-0.2, -0.15) is 0 Å². The van der Waals surface area contributed by atoms with Crippen LogP contribution in [0.2, 0.25) is 0 Å². The Bertz CT molecular complexity index is 729. The molecule has 2 aliphatic rings. The van der Waals surface area contributed by atoms with Crippen molar-refractivity contribution in [2.24, 2.45) is 5.92 Å². The summed E-state index contributed by atoms with van der Waals surface area (Å²) in [5.74, 6) is 1.33. The van der Waals surface area contributed by atoms with Gasteiger partial charge in [0.1, 0.15) is 12.4 Å². The molecule has 2 aromatic rings. The second kappa shape index (κ2) is 7.87. The summed E-state index contributed by atoms with van der Waals surface area (Å²) in [4.78, 5) is 19.0. The van der Waals surface area contributed by atoms with E-state index < -0.39 is 0 Å². The number of nitrogens with one attached hydrogen (secondary N) is 1. The monoisotopic (exact) mass is 351 g/mol. The van der Waals surface area contributed by atoms with Crippen LogP contribution in [0.25, 0.3) is 0 Å². The number of ether oxygens (including phenoxy) is 1. The molecule has 1 aliphatic heterocycles. The van der Waals surface area contributed by atoms with Crippen LogP contribution in [0.15, 0.2) is 48.8 Å². The quantitative estimate of drug-likeness (QED) is 0.833. The average Bonchev–Trinajstić information content (AvgIpc) is 3.44. The summed E-state index contributed by atoms with van der Waals surface area (Å²) in [5, 5.41) is 3.08. The normalized spacial score (nSPS) is 20.1. The van der Waals surface area contributed by atoms with Crippen molar-refractivity contribution in [3.8, 4) is 5.75 Å². The molecule has 0 spiro atoms. The first kappa shape index (κ1) is 17.0. The van der Waals surface area contributed by atoms with E-state index in [4.69, 9.17) is 4.74 Å². The number of pyridine rings is 1. The molecule has 1 aliphatic carbocycles. The van der Waals surface area contributed by atoms with Gasteiger partial charge in [0.15, 0.2) is 0 Å². The van der Waals surface area contributed by atoms with Crippen molar-refractivity contribution in [3.63, 3.8) is 0 Å². The molecule has 1 amide bonds. The van der Waals surface area contributed by atoms with E-state index in [2.05, 4.69) is 15.2 Å². The number of hydrogen-bond acceptors (Lipinski definition) is 4. The number of aromatic nitrogens is 1. The number of likely N-dealkylation sites (tertiary alicyclic amines) is 1. The van der Waals surface area contributed by atoms with Crippen LogP contribution in [0, 0.1) is 5.92 Å². The van der Waals surface area contributed by atoms with Crippen molar-refractivity contribution in [2.45, 2.75) is 31.9 Å². The fourth-order valence-corrected chi connectivity index (χ4v) is 3.49. The Labute approximate surface area is 154 Å². The Hall–Kier alpha value is -2.40. The van der Waals surface area contributed by atoms with Crippen molar-refractivity contribution < 1.29 is 9.53 Å². The summed E-state index contributed by atoms with van der Waals surface area (Å²) >= 11 is 0. The minimum absolute atomic E-state index is 0.00585. The van der Waals surface area contributed by atoms with Gasteiger partial charge in [0.25, 0.3) is 5.91 Å². The summed E-state index contributed by atoms with van der Waals surface area (Å²) in [5.41, 5.74) is 1.70. The first-order valence-electron chi connectivity index (χ1n) is 9.42. The third-order valence-electron chi connectivity index (χ3n) is 5.18. The molecule has 2 fully saturated rings. The van der Waals surface area contributed by atoms with Crippen LogP contribution in [-0.4, -0.2) is 41.5 Å². The number of rotatable bonds is 7. The van der Waals surface area contributed by atoms with Crippen LogP contribution in [0.4, 0.5) is 0 Å². The first-order valence-corrected chi connectivity index (χ1v) is 9.42. The number of carbonyl (C=O) groups is 1. The van der Waals surface area contributed by atoms with Crippen LogP contribution < -0.4 is 10.1 Å². The maximum absolute atomic E-state index is 12.3. The van der Waals surface area contributed by atoms with Gasteiger partial charge in [0, 0.05) is 42.7 Å². The van der Waals surface area contributed by atoms with E-state index in [9.17, 15) is 4.79 Å². The molecule has 1 atom stereocenters. The molecular formula is C21H25N3O2. The molecule has 0 bridgehead atoms. The predicted molar refractivity (Wildman–Crippen MR) is 100 cm³/mol. The summed E-state index contributed by atoms with van der Waals surface area (Å²) < 4.78 is 5.73. The van der Waals surface area contributed by atoms with Crippen molar-refractivity contribution >= 4 is 5.91 Å². The third-order valence-corrected chi connectivity index (χ3v) is 5.18. The Morgan fingerprint density at radius 2 is 2.04 bits per heavy atom. The number of nitrogens with zero attached hydrogens (tertiary/aromatic N) is 2. The Balaban J connectivity index is 1.23. The van der Waals surface area contributed by atoms with Gasteiger partial charge in [-0.25, -0.2) is 0 Å². The summed E-state index contributed by atoms with van der Waals surface area (Å²) in [7, 11) is 0. The minimum atomic E-state index is -0.00585. The van der Waals surface area contributed by atoms with Crippen molar-refractivity contribution in [1.29, 1.82) is 0 Å². The van der Waals surface area contributed by atoms with E-state index in [0.29, 0.717) is 18.1 Å². The number of hydrogen-bond donors (Lipinski definition) is 1. The van der Waals surface area contributed by atoms with Gasteiger partial charge in [-0.15, -0.1) is 0 Å². The van der Waals surface area contributed by atoms with Crippen molar-refractivity contribution in [3.05, 3.63) is 59.9 Å². The highest BCUT2D eigenvalue weighted by molar-refractivity contribution is 5.94. The number of benzene rings is 1. The minimum Gasteiger partial charge on any atom is -0.489 e. The van der Waals surface area contributed by atoms with Crippen LogP contribution in [0.3, 0.4) is 0 Å². The van der Waals surface area contributed by atoms with Crippen molar-refractivity contribution in [1.82, 2.24) is 15.2 Å². The highest BCUT2D eigenvalue weighted by Gasteiger charge is 2.34. The largest absolute Gasteiger partial charge is 0.489 e. The number of carbonyl (C=O) groups excluding carboxylic acids is 1. The zero-order valence-electron chi connectivity index (χ0n) is 14.9. The van der Waals surface area contributed by atoms with E-state index in [0.717, 1.165) is 30.4 Å². The Morgan fingerprint density at radius 3 is 2.77 bits per heavy atom. The second-order valence-corrected chi connectivity index (χ2v) is 7.27. The lowest BCUT2D eigenvalue weighted by Gasteiger charge is -2.15. The average molecular weight is 351 g/mol. The lowest BCUT2D eigenvalue weighted by atomic mass is 10.1. The Morgan fingerprint density at radius 1 is 1.19 bits per heavy atom. The molecule has 5 nitrogen and oxygen atoms in total. The van der Waals surface area contributed by atoms with E-state index in [1.807, 2.05) is 36.4 Å². The zero-order valence-corrected chi connectivity index (χ0v) is 14.9. The van der Waals surface area contributed by atoms with Gasteiger partial charge < -0.3 is 15.0 Å². The smallest absolute Gasteiger partial charge is 0.251 e. The summed E-state index contributed by atoms with van der Waals surface area (Å²) in [6.45, 7) is 3.56. The fourth-order valence-electron chi connectivity index (χ4n) is 3.49. The van der Waals surface area contributed by atoms with Crippen LogP contribution >= 0.6 is 0 Å². The molecule has 1 saturated carbocycles. The SMILES string of the molecule is O=C(NC[C@@H]1CCN(C2CC2)C1)c1ccc(OCc2cccnc2)cc1. The van der Waals surface area contributed by atoms with Gasteiger partial charge in [0.2, 0.25) is 0 Å². The molecule has 1 aromatic carbocycles. The highest BCUT2D eigenvalue weighted by atomic mass is 16.5. The molecule has 1 saturated heterocycles. The third kappa shape index (κ3) is 4.41. The first-order chi connectivity index (χ1) is 12.8. The molecule has 1 N–H and O–H groups in total. The summed E-state index contributed by atoms with van der Waals surface area (Å²) in [6.07, 6.45) is 7.43. The van der Waals surface area contributed by atoms with Crippen molar-refractivity contribution in [2.75, 3.05) is 19.6 Å². The van der Waals surface area contributed by atoms with E-state index >= 15 is 0 Å². The molecule has 4 rings (SSSR count).